The molecular formula is C20H26N4O3S2. The quantitative estimate of drug-likeness (QED) is 0.693. The van der Waals surface area contributed by atoms with Gasteiger partial charge in [0.05, 0.1) is 12.1 Å². The third-order valence-electron chi connectivity index (χ3n) is 5.46. The molecule has 0 saturated carbocycles. The Morgan fingerprint density at radius 3 is 2.45 bits per heavy atom. The summed E-state index contributed by atoms with van der Waals surface area (Å²) in [7, 11) is -3.40. The van der Waals surface area contributed by atoms with Crippen LogP contribution < -0.4 is 0 Å². The molecule has 4 heterocycles. The van der Waals surface area contributed by atoms with Gasteiger partial charge in [-0.2, -0.15) is 4.31 Å². The second-order valence-electron chi connectivity index (χ2n) is 7.49. The average molecular weight is 435 g/mol. The maximum Gasteiger partial charge on any atom is 0.252 e. The van der Waals surface area contributed by atoms with Crippen LogP contribution in [0.15, 0.2) is 40.7 Å². The predicted octanol–water partition coefficient (Wildman–Crippen LogP) is 1.81. The Morgan fingerprint density at radius 2 is 1.76 bits per heavy atom. The van der Waals surface area contributed by atoms with Crippen molar-refractivity contribution >= 4 is 27.3 Å². The van der Waals surface area contributed by atoms with Crippen LogP contribution in [0.4, 0.5) is 0 Å². The van der Waals surface area contributed by atoms with Crippen LogP contribution in [0.1, 0.15) is 23.4 Å². The van der Waals surface area contributed by atoms with E-state index in [1.54, 1.807) is 22.6 Å². The molecule has 9 heteroatoms. The lowest BCUT2D eigenvalue weighted by molar-refractivity contribution is -0.132. The molecule has 0 spiro atoms. The standard InChI is InChI=1S/C20H26N4O3S2/c25-19(23-13-11-22(12-14-23)16-17-5-1-2-8-21-17)15-18-6-7-20(28-18)29(26,27)24-9-3-4-10-24/h1-2,5-8H,3-4,9-16H2. The molecule has 0 aromatic carbocycles. The molecule has 1 amide bonds. The van der Waals surface area contributed by atoms with Crippen molar-refractivity contribution in [1.29, 1.82) is 0 Å². The lowest BCUT2D eigenvalue weighted by Gasteiger charge is -2.34. The molecule has 2 saturated heterocycles. The van der Waals surface area contributed by atoms with E-state index >= 15 is 0 Å². The van der Waals surface area contributed by atoms with Crippen molar-refractivity contribution in [3.63, 3.8) is 0 Å². The Morgan fingerprint density at radius 1 is 1.00 bits per heavy atom. The fourth-order valence-electron chi connectivity index (χ4n) is 3.78. The topological polar surface area (TPSA) is 73.8 Å². The maximum atomic E-state index is 12.7. The molecule has 2 fully saturated rings. The van der Waals surface area contributed by atoms with Crippen LogP contribution in [-0.2, 0) is 27.8 Å². The minimum Gasteiger partial charge on any atom is -0.340 e. The number of aromatic nitrogens is 1. The summed E-state index contributed by atoms with van der Waals surface area (Å²) in [6, 6.07) is 9.34. The number of hydrogen-bond acceptors (Lipinski definition) is 6. The summed E-state index contributed by atoms with van der Waals surface area (Å²) in [6.07, 6.45) is 3.90. The van der Waals surface area contributed by atoms with Gasteiger partial charge in [0, 0.05) is 56.9 Å². The minimum atomic E-state index is -3.40. The van der Waals surface area contributed by atoms with Crippen LogP contribution in [0.5, 0.6) is 0 Å². The number of nitrogens with zero attached hydrogens (tertiary/aromatic N) is 4. The van der Waals surface area contributed by atoms with Gasteiger partial charge in [-0.05, 0) is 37.1 Å². The van der Waals surface area contributed by atoms with E-state index in [0.717, 1.165) is 43.0 Å². The van der Waals surface area contributed by atoms with E-state index in [4.69, 9.17) is 0 Å². The molecule has 0 radical (unpaired) electrons. The van der Waals surface area contributed by atoms with Crippen molar-refractivity contribution in [1.82, 2.24) is 19.1 Å². The molecule has 2 aromatic rings. The summed E-state index contributed by atoms with van der Waals surface area (Å²) >= 11 is 1.23. The smallest absolute Gasteiger partial charge is 0.252 e. The zero-order valence-corrected chi connectivity index (χ0v) is 18.0. The summed E-state index contributed by atoms with van der Waals surface area (Å²) < 4.78 is 27.2. The second-order valence-corrected chi connectivity index (χ2v) is 10.8. The number of hydrogen-bond donors (Lipinski definition) is 0. The van der Waals surface area contributed by atoms with Crippen molar-refractivity contribution < 1.29 is 13.2 Å². The maximum absolute atomic E-state index is 12.7. The molecule has 0 aliphatic carbocycles. The molecule has 156 valence electrons. The Bertz CT molecular complexity index is 932. The highest BCUT2D eigenvalue weighted by Crippen LogP contribution is 2.28. The van der Waals surface area contributed by atoms with Crippen LogP contribution in [0.2, 0.25) is 0 Å². The number of carbonyl (C=O) groups is 1. The van der Waals surface area contributed by atoms with Crippen molar-refractivity contribution in [2.45, 2.75) is 30.0 Å². The summed E-state index contributed by atoms with van der Waals surface area (Å²) in [5.74, 6) is 0.0643. The summed E-state index contributed by atoms with van der Waals surface area (Å²) in [5, 5.41) is 0. The molecule has 7 nitrogen and oxygen atoms in total. The third-order valence-corrected chi connectivity index (χ3v) is 8.91. The normalized spacial score (nSPS) is 19.0. The lowest BCUT2D eigenvalue weighted by Crippen LogP contribution is -2.48. The van der Waals surface area contributed by atoms with Crippen LogP contribution in [0, 0.1) is 0 Å². The van der Waals surface area contributed by atoms with Gasteiger partial charge in [0.2, 0.25) is 5.91 Å². The van der Waals surface area contributed by atoms with E-state index in [1.165, 1.54) is 11.3 Å². The van der Waals surface area contributed by atoms with Gasteiger partial charge >= 0.3 is 0 Å². The van der Waals surface area contributed by atoms with Gasteiger partial charge < -0.3 is 4.90 Å². The molecule has 0 atom stereocenters. The first-order valence-electron chi connectivity index (χ1n) is 10.0. The fourth-order valence-corrected chi connectivity index (χ4v) is 6.80. The van der Waals surface area contributed by atoms with E-state index in [2.05, 4.69) is 9.88 Å². The van der Waals surface area contributed by atoms with Crippen LogP contribution >= 0.6 is 11.3 Å². The van der Waals surface area contributed by atoms with Crippen LogP contribution in [0.3, 0.4) is 0 Å². The zero-order valence-electron chi connectivity index (χ0n) is 16.4. The molecular weight excluding hydrogens is 408 g/mol. The molecule has 0 N–H and O–H groups in total. The van der Waals surface area contributed by atoms with E-state index in [1.807, 2.05) is 23.1 Å². The highest BCUT2D eigenvalue weighted by Gasteiger charge is 2.29. The molecule has 29 heavy (non-hydrogen) atoms. The van der Waals surface area contributed by atoms with Crippen LogP contribution in [-0.4, -0.2) is 72.7 Å². The minimum absolute atomic E-state index is 0.0643. The summed E-state index contributed by atoms with van der Waals surface area (Å²) in [6.45, 7) is 5.01. The van der Waals surface area contributed by atoms with Crippen molar-refractivity contribution in [2.24, 2.45) is 0 Å². The fraction of sp³-hybridized carbons (Fsp3) is 0.500. The average Bonchev–Trinajstić information content (AvgIpc) is 3.42. The number of carbonyl (C=O) groups excluding carboxylic acids is 1. The summed E-state index contributed by atoms with van der Waals surface area (Å²) in [5.41, 5.74) is 1.04. The highest BCUT2D eigenvalue weighted by molar-refractivity contribution is 7.91. The summed E-state index contributed by atoms with van der Waals surface area (Å²) in [4.78, 5) is 22.0. The molecule has 0 unspecified atom stereocenters. The Kier molecular flexibility index (Phi) is 6.29. The molecule has 4 rings (SSSR count). The second kappa shape index (κ2) is 8.91. The number of piperazine rings is 1. The first-order valence-corrected chi connectivity index (χ1v) is 12.3. The molecule has 0 bridgehead atoms. The number of sulfonamides is 1. The van der Waals surface area contributed by atoms with Gasteiger partial charge in [0.15, 0.2) is 0 Å². The SMILES string of the molecule is O=C(Cc1ccc(S(=O)(=O)N2CCCC2)s1)N1CCN(Cc2ccccn2)CC1. The van der Waals surface area contributed by atoms with Gasteiger partial charge in [0.25, 0.3) is 10.0 Å². The number of pyridine rings is 1. The predicted molar refractivity (Wildman–Crippen MR) is 112 cm³/mol. The zero-order chi connectivity index (χ0) is 20.3. The van der Waals surface area contributed by atoms with Gasteiger partial charge in [-0.1, -0.05) is 6.07 Å². The molecule has 2 aromatic heterocycles. The van der Waals surface area contributed by atoms with Crippen molar-refractivity contribution in [2.75, 3.05) is 39.3 Å². The molecule has 2 aliphatic rings. The molecule has 2 aliphatic heterocycles. The highest BCUT2D eigenvalue weighted by atomic mass is 32.2. The van der Waals surface area contributed by atoms with E-state index in [9.17, 15) is 13.2 Å². The van der Waals surface area contributed by atoms with Crippen molar-refractivity contribution in [3.8, 4) is 0 Å². The van der Waals surface area contributed by atoms with Crippen LogP contribution in [0.25, 0.3) is 0 Å². The van der Waals surface area contributed by atoms with E-state index < -0.39 is 10.0 Å². The largest absolute Gasteiger partial charge is 0.340 e. The number of amides is 1. The third kappa shape index (κ3) is 4.85. The van der Waals surface area contributed by atoms with Gasteiger partial charge in [-0.3, -0.25) is 14.7 Å². The van der Waals surface area contributed by atoms with E-state index in [0.29, 0.717) is 30.4 Å². The Hall–Kier alpha value is -1.81. The Labute approximate surface area is 176 Å². The van der Waals surface area contributed by atoms with Crippen molar-refractivity contribution in [3.05, 3.63) is 47.1 Å². The first-order chi connectivity index (χ1) is 14.0. The number of thiophene rings is 1. The monoisotopic (exact) mass is 434 g/mol. The number of rotatable bonds is 6. The van der Waals surface area contributed by atoms with Gasteiger partial charge in [-0.25, -0.2) is 8.42 Å². The van der Waals surface area contributed by atoms with E-state index in [-0.39, 0.29) is 12.3 Å². The Balaban J connectivity index is 1.30. The van der Waals surface area contributed by atoms with Gasteiger partial charge in [-0.15, -0.1) is 11.3 Å². The lowest BCUT2D eigenvalue weighted by atomic mass is 10.2. The van der Waals surface area contributed by atoms with Gasteiger partial charge in [0.1, 0.15) is 4.21 Å². The first kappa shape index (κ1) is 20.5.